The SMILES string of the molecule is COc1ccc2cn(C[C@@]3(c4ccc(-c5ccc6nc(C(F)(F)F)cn6c5)cc4)NC(=O)NC3=O)c(O)c2c1. The Balaban J connectivity index is 1.37. The minimum absolute atomic E-state index is 0.0966. The number of aromatic hydroxyl groups is 1. The van der Waals surface area contributed by atoms with Crippen LogP contribution in [0.1, 0.15) is 11.3 Å². The molecular formula is C27H20F3N5O4. The van der Waals surface area contributed by atoms with Crippen LogP contribution in [0.2, 0.25) is 0 Å². The fourth-order valence-electron chi connectivity index (χ4n) is 4.87. The molecule has 5 aromatic rings. The number of benzene rings is 2. The van der Waals surface area contributed by atoms with Gasteiger partial charge in [-0.25, -0.2) is 9.78 Å². The molecule has 1 atom stereocenters. The van der Waals surface area contributed by atoms with E-state index in [1.165, 1.54) is 28.3 Å². The molecule has 0 aliphatic carbocycles. The van der Waals surface area contributed by atoms with Gasteiger partial charge in [-0.3, -0.25) is 10.1 Å². The molecule has 39 heavy (non-hydrogen) atoms. The van der Waals surface area contributed by atoms with Gasteiger partial charge in [-0.15, -0.1) is 0 Å². The molecule has 1 aliphatic heterocycles. The summed E-state index contributed by atoms with van der Waals surface area (Å²) in [5.41, 5.74) is -0.612. The van der Waals surface area contributed by atoms with Gasteiger partial charge in [0.05, 0.1) is 13.7 Å². The van der Waals surface area contributed by atoms with E-state index in [0.29, 0.717) is 33.2 Å². The number of carbonyl (C=O) groups is 2. The number of nitrogens with one attached hydrogen (secondary N) is 2. The molecule has 1 saturated heterocycles. The van der Waals surface area contributed by atoms with Crippen molar-refractivity contribution in [2.24, 2.45) is 0 Å². The molecule has 0 radical (unpaired) electrons. The summed E-state index contributed by atoms with van der Waals surface area (Å²) >= 11 is 0. The zero-order valence-electron chi connectivity index (χ0n) is 20.3. The molecule has 3 aromatic heterocycles. The fraction of sp³-hybridized carbons (Fsp3) is 0.148. The monoisotopic (exact) mass is 535 g/mol. The van der Waals surface area contributed by atoms with Gasteiger partial charge in [0.1, 0.15) is 11.4 Å². The number of hydrogen-bond donors (Lipinski definition) is 3. The third kappa shape index (κ3) is 4.00. The zero-order valence-corrected chi connectivity index (χ0v) is 20.3. The van der Waals surface area contributed by atoms with Gasteiger partial charge in [0.2, 0.25) is 0 Å². The number of hydrogen-bond acceptors (Lipinski definition) is 5. The lowest BCUT2D eigenvalue weighted by molar-refractivity contribution is -0.140. The fourth-order valence-corrected chi connectivity index (χ4v) is 4.87. The molecule has 1 aliphatic rings. The van der Waals surface area contributed by atoms with Crippen LogP contribution >= 0.6 is 0 Å². The Hall–Kier alpha value is -5.00. The van der Waals surface area contributed by atoms with Crippen LogP contribution in [0.25, 0.3) is 27.5 Å². The van der Waals surface area contributed by atoms with E-state index in [1.54, 1.807) is 54.7 Å². The van der Waals surface area contributed by atoms with E-state index in [-0.39, 0.29) is 18.1 Å². The van der Waals surface area contributed by atoms with E-state index < -0.39 is 29.3 Å². The molecule has 0 spiro atoms. The molecule has 3 N–H and O–H groups in total. The van der Waals surface area contributed by atoms with Gasteiger partial charge in [0.15, 0.2) is 17.1 Å². The standard InChI is InChI=1S/C27H20F3N5O4/c1-39-19-8-4-17-12-35(23(36)20(17)10-19)14-26(24(37)32-25(38)33-26)18-6-2-15(3-7-18)16-5-9-22-31-21(27(28,29)30)13-34(22)11-16/h2-13,36H,14H2,1H3,(H2,32,33,37,38)/t26-/m0/s1. The van der Waals surface area contributed by atoms with Crippen molar-refractivity contribution in [3.63, 3.8) is 0 Å². The molecule has 0 saturated carbocycles. The quantitative estimate of drug-likeness (QED) is 0.289. The number of halogens is 3. The number of pyridine rings is 1. The molecule has 0 unspecified atom stereocenters. The van der Waals surface area contributed by atoms with Gasteiger partial charge in [-0.05, 0) is 47.0 Å². The Labute approximate surface area is 218 Å². The summed E-state index contributed by atoms with van der Waals surface area (Å²) in [6, 6.07) is 14.4. The maximum Gasteiger partial charge on any atom is 0.434 e. The third-order valence-corrected chi connectivity index (χ3v) is 6.87. The molecule has 9 nitrogen and oxygen atoms in total. The van der Waals surface area contributed by atoms with E-state index in [9.17, 15) is 27.9 Å². The first-order valence-electron chi connectivity index (χ1n) is 11.7. The van der Waals surface area contributed by atoms with Crippen molar-refractivity contribution in [2.75, 3.05) is 7.11 Å². The van der Waals surface area contributed by atoms with Crippen LogP contribution in [0.4, 0.5) is 18.0 Å². The van der Waals surface area contributed by atoms with Crippen LogP contribution in [0.5, 0.6) is 11.6 Å². The van der Waals surface area contributed by atoms with Crippen molar-refractivity contribution in [1.82, 2.24) is 24.6 Å². The zero-order chi connectivity index (χ0) is 27.5. The lowest BCUT2D eigenvalue weighted by Crippen LogP contribution is -2.47. The van der Waals surface area contributed by atoms with Crippen LogP contribution < -0.4 is 15.4 Å². The lowest BCUT2D eigenvalue weighted by atomic mass is 9.88. The van der Waals surface area contributed by atoms with Gasteiger partial charge in [-0.1, -0.05) is 24.3 Å². The Morgan fingerprint density at radius 1 is 1.00 bits per heavy atom. The number of carbonyl (C=O) groups excluding carboxylic acids is 2. The summed E-state index contributed by atoms with van der Waals surface area (Å²) in [4.78, 5) is 29.0. The highest BCUT2D eigenvalue weighted by Gasteiger charge is 2.48. The first kappa shape index (κ1) is 24.3. The van der Waals surface area contributed by atoms with Crippen LogP contribution in [0.15, 0.2) is 73.2 Å². The second-order valence-corrected chi connectivity index (χ2v) is 9.23. The Kier molecular flexibility index (Phi) is 5.31. The Morgan fingerprint density at radius 2 is 1.74 bits per heavy atom. The largest absolute Gasteiger partial charge is 0.497 e. The maximum atomic E-state index is 13.1. The van der Waals surface area contributed by atoms with E-state index in [0.717, 1.165) is 6.20 Å². The Morgan fingerprint density at radius 3 is 2.41 bits per heavy atom. The molecule has 12 heteroatoms. The van der Waals surface area contributed by atoms with E-state index in [4.69, 9.17) is 4.74 Å². The lowest BCUT2D eigenvalue weighted by Gasteiger charge is -2.27. The van der Waals surface area contributed by atoms with Crippen molar-refractivity contribution < 1.29 is 32.6 Å². The average Bonchev–Trinajstić information content (AvgIpc) is 3.57. The molecule has 3 amide bonds. The number of imidazole rings is 1. The van der Waals surface area contributed by atoms with Gasteiger partial charge < -0.3 is 24.1 Å². The second kappa shape index (κ2) is 8.51. The molecule has 1 fully saturated rings. The molecule has 0 bridgehead atoms. The van der Waals surface area contributed by atoms with Crippen molar-refractivity contribution in [2.45, 2.75) is 18.3 Å². The smallest absolute Gasteiger partial charge is 0.434 e. The van der Waals surface area contributed by atoms with Gasteiger partial charge >= 0.3 is 12.2 Å². The molecule has 198 valence electrons. The summed E-state index contributed by atoms with van der Waals surface area (Å²) in [6.07, 6.45) is -0.429. The maximum absolute atomic E-state index is 13.1. The van der Waals surface area contributed by atoms with Crippen molar-refractivity contribution in [3.8, 4) is 22.8 Å². The topological polar surface area (TPSA) is 110 Å². The summed E-state index contributed by atoms with van der Waals surface area (Å²) in [7, 11) is 1.51. The van der Waals surface area contributed by atoms with Crippen LogP contribution in [0, 0.1) is 0 Å². The van der Waals surface area contributed by atoms with Crippen LogP contribution in [0.3, 0.4) is 0 Å². The van der Waals surface area contributed by atoms with Gasteiger partial charge in [-0.2, -0.15) is 13.2 Å². The number of rotatable bonds is 5. The minimum atomic E-state index is -4.56. The summed E-state index contributed by atoms with van der Waals surface area (Å²) < 4.78 is 47.2. The predicted octanol–water partition coefficient (Wildman–Crippen LogP) is 4.42. The van der Waals surface area contributed by atoms with Crippen molar-refractivity contribution in [3.05, 3.63) is 84.4 Å². The van der Waals surface area contributed by atoms with E-state index in [2.05, 4.69) is 15.6 Å². The number of ether oxygens (including phenoxy) is 1. The van der Waals surface area contributed by atoms with Crippen LogP contribution in [-0.4, -0.2) is 38.1 Å². The van der Waals surface area contributed by atoms with E-state index >= 15 is 0 Å². The van der Waals surface area contributed by atoms with Gasteiger partial charge in [0, 0.05) is 29.4 Å². The molecule has 6 rings (SSSR count). The van der Waals surface area contributed by atoms with Crippen molar-refractivity contribution >= 4 is 28.4 Å². The highest BCUT2D eigenvalue weighted by atomic mass is 19.4. The predicted molar refractivity (Wildman–Crippen MR) is 134 cm³/mol. The highest BCUT2D eigenvalue weighted by Crippen LogP contribution is 2.36. The first-order valence-corrected chi connectivity index (χ1v) is 11.7. The van der Waals surface area contributed by atoms with Crippen molar-refractivity contribution in [1.29, 1.82) is 0 Å². The number of nitrogens with zero attached hydrogens (tertiary/aromatic N) is 3. The first-order chi connectivity index (χ1) is 18.6. The third-order valence-electron chi connectivity index (χ3n) is 6.87. The number of imide groups is 1. The number of methoxy groups -OCH3 is 1. The Bertz CT molecular complexity index is 1770. The normalized spacial score (nSPS) is 17.5. The number of fused-ring (bicyclic) bond motifs is 2. The number of urea groups is 1. The average molecular weight is 535 g/mol. The number of aromatic nitrogens is 3. The number of alkyl halides is 3. The number of amides is 3. The van der Waals surface area contributed by atoms with Gasteiger partial charge in [0.25, 0.3) is 5.91 Å². The molecular weight excluding hydrogens is 515 g/mol. The molecule has 4 heterocycles. The van der Waals surface area contributed by atoms with E-state index in [1.807, 2.05) is 0 Å². The molecule has 2 aromatic carbocycles. The van der Waals surface area contributed by atoms with Crippen LogP contribution in [-0.2, 0) is 23.1 Å². The summed E-state index contributed by atoms with van der Waals surface area (Å²) in [5, 5.41) is 17.1. The highest BCUT2D eigenvalue weighted by molar-refractivity contribution is 6.07. The second-order valence-electron chi connectivity index (χ2n) is 9.23. The summed E-state index contributed by atoms with van der Waals surface area (Å²) in [6.45, 7) is -0.103. The summed E-state index contributed by atoms with van der Waals surface area (Å²) in [5.74, 6) is -0.133. The minimum Gasteiger partial charge on any atom is -0.497 e.